The number of hydrogen-bond acceptors (Lipinski definition) is 12. The van der Waals surface area contributed by atoms with E-state index in [4.69, 9.17) is 44.4 Å². The molecule has 0 radical (unpaired) electrons. The van der Waals surface area contributed by atoms with E-state index in [1.807, 2.05) is 72.8 Å². The highest BCUT2D eigenvalue weighted by atomic mass is 32.1. The van der Waals surface area contributed by atoms with Crippen molar-refractivity contribution in [2.75, 3.05) is 23.7 Å². The summed E-state index contributed by atoms with van der Waals surface area (Å²) in [6.45, 7) is 5.89. The van der Waals surface area contributed by atoms with Crippen molar-refractivity contribution in [3.05, 3.63) is 174 Å². The molecule has 0 spiro atoms. The lowest BCUT2D eigenvalue weighted by molar-refractivity contribution is -0.0469. The van der Waals surface area contributed by atoms with E-state index in [9.17, 15) is 0 Å². The van der Waals surface area contributed by atoms with Crippen LogP contribution in [-0.2, 0) is 52.1 Å². The minimum absolute atomic E-state index is 0.564. The summed E-state index contributed by atoms with van der Waals surface area (Å²) in [5.41, 5.74) is 7.35. The molecular formula is C48H44N10S6. The molecule has 4 aromatic heterocycles. The van der Waals surface area contributed by atoms with Crippen LogP contribution in [0.5, 0.6) is 0 Å². The van der Waals surface area contributed by atoms with Gasteiger partial charge in [0, 0.05) is 59.8 Å². The Morgan fingerprint density at radius 3 is 1.28 bits per heavy atom. The quantitative estimate of drug-likeness (QED) is 0.0938. The van der Waals surface area contributed by atoms with Gasteiger partial charge in [0.15, 0.2) is 10.2 Å². The number of hydrazine groups is 1. The molecule has 2 aliphatic heterocycles. The Bertz CT molecular complexity index is 2870. The standard InChI is InChI=1S/C48H44N10S6/c59-45(49-25-31-13-5-1-6-14-31)53-41-39-35-21-23-57(29-37(35)61-43(39)55-47(63-41)51-27-33-17-9-3-10-18-33)58-24-22-36-38(30-58)62-44-40(36)42(54-46(60)50-26-32-15-7-2-8-16-32)64-48(56-44)52-28-34-19-11-4-12-20-34/h1-20H,21-30H2,(H2,49,53,59)(H2,50,54,60). The van der Waals surface area contributed by atoms with E-state index in [1.54, 1.807) is 45.3 Å². The van der Waals surface area contributed by atoms with Crippen LogP contribution < -0.4 is 30.9 Å². The molecule has 10 nitrogen and oxygen atoms in total. The third-order valence-corrected chi connectivity index (χ3v) is 15.7. The molecule has 0 amide bonds. The van der Waals surface area contributed by atoms with Gasteiger partial charge in [0.2, 0.25) is 9.60 Å². The minimum atomic E-state index is 0.564. The van der Waals surface area contributed by atoms with Gasteiger partial charge in [-0.05, 0) is 70.7 Å². The van der Waals surface area contributed by atoms with Gasteiger partial charge >= 0.3 is 0 Å². The van der Waals surface area contributed by atoms with E-state index in [1.165, 1.54) is 32.0 Å². The van der Waals surface area contributed by atoms with E-state index in [0.717, 1.165) is 90.2 Å². The van der Waals surface area contributed by atoms with Crippen molar-refractivity contribution in [1.82, 2.24) is 30.6 Å². The molecule has 10 rings (SSSR count). The third-order valence-electron chi connectivity index (χ3n) is 11.2. The fourth-order valence-corrected chi connectivity index (χ4v) is 13.0. The summed E-state index contributed by atoms with van der Waals surface area (Å²) in [6, 6.07) is 41.3. The second-order valence-electron chi connectivity index (χ2n) is 15.5. The molecule has 4 N–H and O–H groups in total. The smallest absolute Gasteiger partial charge is 0.208 e. The lowest BCUT2D eigenvalue weighted by Crippen LogP contribution is -2.47. The zero-order valence-electron chi connectivity index (χ0n) is 34.8. The van der Waals surface area contributed by atoms with Crippen LogP contribution in [0.3, 0.4) is 0 Å². The monoisotopic (exact) mass is 952 g/mol. The Labute approximate surface area is 398 Å². The van der Waals surface area contributed by atoms with Gasteiger partial charge < -0.3 is 21.3 Å². The molecule has 0 aliphatic carbocycles. The first kappa shape index (κ1) is 42.6. The van der Waals surface area contributed by atoms with Crippen LogP contribution in [0.1, 0.15) is 43.1 Å². The van der Waals surface area contributed by atoms with Gasteiger partial charge in [0.05, 0.1) is 13.1 Å². The Kier molecular flexibility index (Phi) is 13.2. The van der Waals surface area contributed by atoms with Crippen molar-refractivity contribution in [1.29, 1.82) is 0 Å². The normalized spacial score (nSPS) is 14.6. The summed E-state index contributed by atoms with van der Waals surface area (Å²) in [6.07, 6.45) is 1.83. The van der Waals surface area contributed by atoms with Crippen molar-refractivity contribution in [2.45, 2.75) is 52.1 Å². The molecule has 2 aliphatic rings. The van der Waals surface area contributed by atoms with Gasteiger partial charge in [-0.15, -0.1) is 22.7 Å². The molecule has 0 fully saturated rings. The molecule has 0 unspecified atom stereocenters. The average molecular weight is 953 g/mol. The Balaban J connectivity index is 0.911. The maximum atomic E-state index is 5.87. The summed E-state index contributed by atoms with van der Waals surface area (Å²) in [5.74, 6) is 0. The van der Waals surface area contributed by atoms with Crippen molar-refractivity contribution in [3.8, 4) is 0 Å². The molecule has 0 bridgehead atoms. The Morgan fingerprint density at radius 1 is 0.516 bits per heavy atom. The summed E-state index contributed by atoms with van der Waals surface area (Å²) < 4.78 is 0. The fraction of sp³-hybridized carbons (Fsp3) is 0.208. The third kappa shape index (κ3) is 9.99. The van der Waals surface area contributed by atoms with E-state index in [-0.39, 0.29) is 0 Å². The van der Waals surface area contributed by atoms with E-state index in [0.29, 0.717) is 36.4 Å². The highest BCUT2D eigenvalue weighted by molar-refractivity contribution is 7.80. The summed E-state index contributed by atoms with van der Waals surface area (Å²) in [7, 11) is 0. The first-order valence-electron chi connectivity index (χ1n) is 21.2. The largest absolute Gasteiger partial charge is 0.358 e. The molecule has 6 heterocycles. The number of rotatable bonds is 11. The van der Waals surface area contributed by atoms with Gasteiger partial charge in [-0.25, -0.2) is 20.0 Å². The number of anilines is 2. The van der Waals surface area contributed by atoms with Crippen molar-refractivity contribution in [3.63, 3.8) is 0 Å². The second kappa shape index (κ2) is 19.8. The van der Waals surface area contributed by atoms with E-state index < -0.39 is 0 Å². The molecular weight excluding hydrogens is 909 g/mol. The number of nitrogens with one attached hydrogen (secondary N) is 4. The molecule has 0 atom stereocenters. The van der Waals surface area contributed by atoms with Crippen molar-refractivity contribution in [2.24, 2.45) is 9.98 Å². The lowest BCUT2D eigenvalue weighted by atomic mass is 10.0. The zero-order chi connectivity index (χ0) is 43.2. The first-order valence-corrected chi connectivity index (χ1v) is 25.2. The van der Waals surface area contributed by atoms with E-state index in [2.05, 4.69) is 79.8 Å². The average Bonchev–Trinajstić information content (AvgIpc) is 3.90. The molecule has 0 saturated carbocycles. The van der Waals surface area contributed by atoms with Gasteiger partial charge in [0.1, 0.15) is 19.7 Å². The number of benzene rings is 4. The van der Waals surface area contributed by atoms with Gasteiger partial charge in [0.25, 0.3) is 0 Å². The number of aromatic nitrogens is 2. The molecule has 0 saturated heterocycles. The first-order chi connectivity index (χ1) is 31.5. The van der Waals surface area contributed by atoms with Crippen molar-refractivity contribution < 1.29 is 0 Å². The number of thiocarbonyl (C=S) groups is 2. The maximum absolute atomic E-state index is 5.87. The highest BCUT2D eigenvalue weighted by Gasteiger charge is 2.31. The SMILES string of the molecule is S=C(NCc1ccccc1)Nc1sc(=NCc2ccccc2)nc2sc3c(c12)CCN(N1CCc2c(sc4nc(=NCc5ccccc5)sc(NC(=S)NCc5ccccc5)c24)C1)C3. The summed E-state index contributed by atoms with van der Waals surface area (Å²) in [4.78, 5) is 26.4. The lowest BCUT2D eigenvalue weighted by Gasteiger charge is -2.39. The van der Waals surface area contributed by atoms with Gasteiger partial charge in [-0.3, -0.25) is 9.98 Å². The Morgan fingerprint density at radius 2 is 0.891 bits per heavy atom. The van der Waals surface area contributed by atoms with E-state index >= 15 is 0 Å². The molecule has 16 heteroatoms. The second-order valence-corrected chi connectivity index (χ2v) is 20.4. The van der Waals surface area contributed by atoms with Gasteiger partial charge in [-0.1, -0.05) is 144 Å². The predicted molar refractivity (Wildman–Crippen MR) is 274 cm³/mol. The van der Waals surface area contributed by atoms with Gasteiger partial charge in [-0.2, -0.15) is 0 Å². The molecule has 64 heavy (non-hydrogen) atoms. The predicted octanol–water partition coefficient (Wildman–Crippen LogP) is 9.54. The van der Waals surface area contributed by atoms with Crippen LogP contribution in [0.15, 0.2) is 131 Å². The van der Waals surface area contributed by atoms with Crippen LogP contribution in [-0.4, -0.2) is 43.3 Å². The Hall–Kier alpha value is -5.30. The summed E-state index contributed by atoms with van der Waals surface area (Å²) in [5, 5.41) is 24.5. The molecule has 8 aromatic rings. The fourth-order valence-electron chi connectivity index (χ4n) is 8.01. The van der Waals surface area contributed by atoms with Crippen molar-refractivity contribution >= 4 is 110 Å². The zero-order valence-corrected chi connectivity index (χ0v) is 39.6. The maximum Gasteiger partial charge on any atom is 0.208 e. The number of thiophene rings is 2. The van der Waals surface area contributed by atoms with Crippen LogP contribution in [0.25, 0.3) is 20.4 Å². The topological polar surface area (TPSA) is 105 Å². The molecule has 322 valence electrons. The number of hydrogen-bond donors (Lipinski definition) is 4. The minimum Gasteiger partial charge on any atom is -0.358 e. The summed E-state index contributed by atoms with van der Waals surface area (Å²) >= 11 is 18.4. The van der Waals surface area contributed by atoms with Crippen LogP contribution >= 0.6 is 69.8 Å². The number of nitrogens with zero attached hydrogens (tertiary/aromatic N) is 6. The van der Waals surface area contributed by atoms with Crippen LogP contribution in [0.4, 0.5) is 10.0 Å². The molecule has 4 aromatic carbocycles. The number of fused-ring (bicyclic) bond motifs is 6. The van der Waals surface area contributed by atoms with Crippen LogP contribution in [0, 0.1) is 0 Å². The highest BCUT2D eigenvalue weighted by Crippen LogP contribution is 2.42. The van der Waals surface area contributed by atoms with Crippen LogP contribution in [0.2, 0.25) is 0 Å².